The molecule has 1 atom stereocenters. The molecule has 0 fully saturated rings. The molecule has 2 aromatic carbocycles. The fourth-order valence-electron chi connectivity index (χ4n) is 2.49. The van der Waals surface area contributed by atoms with Crippen LogP contribution in [-0.4, -0.2) is 10.9 Å². The van der Waals surface area contributed by atoms with Crippen molar-refractivity contribution in [2.75, 3.05) is 0 Å². The largest absolute Gasteiger partial charge is 0.350 e. The van der Waals surface area contributed by atoms with Gasteiger partial charge in [-0.05, 0) is 36.8 Å². The Morgan fingerprint density at radius 1 is 1.25 bits per heavy atom. The van der Waals surface area contributed by atoms with E-state index in [-0.39, 0.29) is 11.9 Å². The van der Waals surface area contributed by atoms with Gasteiger partial charge >= 0.3 is 0 Å². The fourth-order valence-corrected chi connectivity index (χ4v) is 4.03. The van der Waals surface area contributed by atoms with E-state index in [0.717, 1.165) is 20.8 Å². The van der Waals surface area contributed by atoms with Gasteiger partial charge in [-0.1, -0.05) is 41.4 Å². The standard InChI is InChI=1S/C18H16Cl2N2OS/c1-11(13-7-6-12(19)10-14(13)20)21-17(23)8-9-18-22-15-4-2-3-5-16(15)24-18/h2-7,10-11H,8-9H2,1H3,(H,21,23)/t11-/m1/s1. The van der Waals surface area contributed by atoms with Crippen LogP contribution >= 0.6 is 34.5 Å². The van der Waals surface area contributed by atoms with Crippen molar-refractivity contribution in [1.82, 2.24) is 10.3 Å². The van der Waals surface area contributed by atoms with Gasteiger partial charge in [0.15, 0.2) is 0 Å². The molecule has 0 aliphatic rings. The highest BCUT2D eigenvalue weighted by Crippen LogP contribution is 2.26. The average Bonchev–Trinajstić information content (AvgIpc) is 2.95. The Morgan fingerprint density at radius 3 is 2.79 bits per heavy atom. The minimum Gasteiger partial charge on any atom is -0.350 e. The predicted molar refractivity (Wildman–Crippen MR) is 101 cm³/mol. The minimum absolute atomic E-state index is 0.0206. The number of nitrogens with zero attached hydrogens (tertiary/aromatic N) is 1. The fraction of sp³-hybridized carbons (Fsp3) is 0.222. The lowest BCUT2D eigenvalue weighted by molar-refractivity contribution is -0.121. The molecule has 0 aliphatic heterocycles. The Balaban J connectivity index is 1.58. The number of rotatable bonds is 5. The third-order valence-electron chi connectivity index (χ3n) is 3.71. The molecular formula is C18H16Cl2N2OS. The Kier molecular flexibility index (Phi) is 5.39. The number of carbonyl (C=O) groups is 1. The van der Waals surface area contributed by atoms with Gasteiger partial charge < -0.3 is 5.32 Å². The van der Waals surface area contributed by atoms with E-state index < -0.39 is 0 Å². The number of aromatic nitrogens is 1. The number of halogens is 2. The topological polar surface area (TPSA) is 42.0 Å². The van der Waals surface area contributed by atoms with Gasteiger partial charge in [0.1, 0.15) is 0 Å². The molecule has 0 spiro atoms. The highest BCUT2D eigenvalue weighted by Gasteiger charge is 2.14. The second kappa shape index (κ2) is 7.51. The van der Waals surface area contributed by atoms with E-state index in [9.17, 15) is 4.79 Å². The molecule has 24 heavy (non-hydrogen) atoms. The van der Waals surface area contributed by atoms with E-state index in [1.54, 1.807) is 23.5 Å². The quantitative estimate of drug-likeness (QED) is 0.644. The summed E-state index contributed by atoms with van der Waals surface area (Å²) in [5, 5.41) is 5.08. The van der Waals surface area contributed by atoms with E-state index in [2.05, 4.69) is 10.3 Å². The van der Waals surface area contributed by atoms with E-state index >= 15 is 0 Å². The molecule has 124 valence electrons. The number of benzene rings is 2. The van der Waals surface area contributed by atoms with Crippen LogP contribution in [-0.2, 0) is 11.2 Å². The first-order valence-electron chi connectivity index (χ1n) is 7.61. The summed E-state index contributed by atoms with van der Waals surface area (Å²) in [6.07, 6.45) is 1.03. The van der Waals surface area contributed by atoms with Crippen molar-refractivity contribution in [2.45, 2.75) is 25.8 Å². The number of fused-ring (bicyclic) bond motifs is 1. The first kappa shape index (κ1) is 17.2. The number of nitrogens with one attached hydrogen (secondary N) is 1. The third kappa shape index (κ3) is 4.07. The molecular weight excluding hydrogens is 363 g/mol. The monoisotopic (exact) mass is 378 g/mol. The molecule has 0 radical (unpaired) electrons. The molecule has 3 nitrogen and oxygen atoms in total. The molecule has 0 saturated carbocycles. The summed E-state index contributed by atoms with van der Waals surface area (Å²) in [6.45, 7) is 1.91. The maximum Gasteiger partial charge on any atom is 0.220 e. The minimum atomic E-state index is -0.169. The van der Waals surface area contributed by atoms with Gasteiger partial charge in [-0.2, -0.15) is 0 Å². The molecule has 0 aliphatic carbocycles. The van der Waals surface area contributed by atoms with Crippen LogP contribution in [0, 0.1) is 0 Å². The van der Waals surface area contributed by atoms with Crippen LogP contribution < -0.4 is 5.32 Å². The summed E-state index contributed by atoms with van der Waals surface area (Å²) in [5.41, 5.74) is 1.84. The van der Waals surface area contributed by atoms with Crippen LogP contribution in [0.3, 0.4) is 0 Å². The lowest BCUT2D eigenvalue weighted by atomic mass is 10.1. The summed E-state index contributed by atoms with van der Waals surface area (Å²) < 4.78 is 1.15. The number of hydrogen-bond acceptors (Lipinski definition) is 3. The van der Waals surface area contributed by atoms with Crippen LogP contribution in [0.4, 0.5) is 0 Å². The van der Waals surface area contributed by atoms with Gasteiger partial charge in [0.2, 0.25) is 5.91 Å². The first-order chi connectivity index (χ1) is 11.5. The van der Waals surface area contributed by atoms with Gasteiger partial charge in [0, 0.05) is 22.9 Å². The molecule has 0 saturated heterocycles. The maximum atomic E-state index is 12.2. The third-order valence-corrected chi connectivity index (χ3v) is 5.37. The van der Waals surface area contributed by atoms with E-state index in [0.29, 0.717) is 22.9 Å². The smallest absolute Gasteiger partial charge is 0.220 e. The number of thiazole rings is 1. The van der Waals surface area contributed by atoms with Crippen molar-refractivity contribution >= 4 is 50.7 Å². The maximum absolute atomic E-state index is 12.2. The van der Waals surface area contributed by atoms with Crippen molar-refractivity contribution in [1.29, 1.82) is 0 Å². The van der Waals surface area contributed by atoms with Gasteiger partial charge in [-0.15, -0.1) is 11.3 Å². The van der Waals surface area contributed by atoms with Crippen molar-refractivity contribution in [3.63, 3.8) is 0 Å². The highest BCUT2D eigenvalue weighted by molar-refractivity contribution is 7.18. The van der Waals surface area contributed by atoms with Crippen LogP contribution in [0.25, 0.3) is 10.2 Å². The molecule has 1 amide bonds. The Hall–Kier alpha value is -1.62. The van der Waals surface area contributed by atoms with E-state index in [1.807, 2.05) is 37.3 Å². The Morgan fingerprint density at radius 2 is 2.04 bits per heavy atom. The van der Waals surface area contributed by atoms with E-state index in [1.165, 1.54) is 0 Å². The molecule has 1 heterocycles. The Bertz CT molecular complexity index is 845. The highest BCUT2D eigenvalue weighted by atomic mass is 35.5. The molecule has 3 rings (SSSR count). The summed E-state index contributed by atoms with van der Waals surface area (Å²) in [5.74, 6) is -0.0206. The number of carbonyl (C=O) groups excluding carboxylic acids is 1. The van der Waals surface area contributed by atoms with Crippen molar-refractivity contribution in [2.24, 2.45) is 0 Å². The lowest BCUT2D eigenvalue weighted by Crippen LogP contribution is -2.27. The van der Waals surface area contributed by atoms with E-state index in [4.69, 9.17) is 23.2 Å². The van der Waals surface area contributed by atoms with Crippen LogP contribution in [0.15, 0.2) is 42.5 Å². The number of para-hydroxylation sites is 1. The van der Waals surface area contributed by atoms with Crippen LogP contribution in [0.1, 0.15) is 30.0 Å². The van der Waals surface area contributed by atoms with Gasteiger partial charge in [-0.25, -0.2) is 4.98 Å². The summed E-state index contributed by atoms with van der Waals surface area (Å²) in [7, 11) is 0. The van der Waals surface area contributed by atoms with Gasteiger partial charge in [-0.3, -0.25) is 4.79 Å². The molecule has 0 bridgehead atoms. The van der Waals surface area contributed by atoms with Gasteiger partial charge in [0.25, 0.3) is 0 Å². The van der Waals surface area contributed by atoms with Crippen molar-refractivity contribution in [3.05, 3.63) is 63.1 Å². The molecule has 3 aromatic rings. The van der Waals surface area contributed by atoms with Crippen LogP contribution in [0.2, 0.25) is 10.0 Å². The van der Waals surface area contributed by atoms with Crippen molar-refractivity contribution in [3.8, 4) is 0 Å². The van der Waals surface area contributed by atoms with Gasteiger partial charge in [0.05, 0.1) is 21.3 Å². The Labute approximate surface area is 154 Å². The zero-order valence-electron chi connectivity index (χ0n) is 13.1. The molecule has 1 N–H and O–H groups in total. The normalized spacial score (nSPS) is 12.3. The summed E-state index contributed by atoms with van der Waals surface area (Å²) >= 11 is 13.7. The number of amides is 1. The average molecular weight is 379 g/mol. The second-order valence-electron chi connectivity index (χ2n) is 5.53. The summed E-state index contributed by atoms with van der Waals surface area (Å²) in [4.78, 5) is 16.7. The lowest BCUT2D eigenvalue weighted by Gasteiger charge is -2.15. The SMILES string of the molecule is C[C@@H](NC(=O)CCc1nc2ccccc2s1)c1ccc(Cl)cc1Cl. The molecule has 0 unspecified atom stereocenters. The zero-order valence-corrected chi connectivity index (χ0v) is 15.4. The van der Waals surface area contributed by atoms with Crippen molar-refractivity contribution < 1.29 is 4.79 Å². The zero-order chi connectivity index (χ0) is 17.1. The number of hydrogen-bond donors (Lipinski definition) is 1. The summed E-state index contributed by atoms with van der Waals surface area (Å²) in [6, 6.07) is 13.1. The molecule has 1 aromatic heterocycles. The predicted octanol–water partition coefficient (Wildman–Crippen LogP) is 5.41. The molecule has 6 heteroatoms. The number of aryl methyl sites for hydroxylation is 1. The van der Waals surface area contributed by atoms with Crippen LogP contribution in [0.5, 0.6) is 0 Å². The first-order valence-corrected chi connectivity index (χ1v) is 9.19. The second-order valence-corrected chi connectivity index (χ2v) is 7.49.